The van der Waals surface area contributed by atoms with Crippen molar-refractivity contribution in [3.8, 4) is 0 Å². The van der Waals surface area contributed by atoms with Gasteiger partial charge in [-0.2, -0.15) is 12.6 Å². The van der Waals surface area contributed by atoms with E-state index in [-0.39, 0.29) is 5.75 Å². The standard InChI is InChI=1S/C4H11N.C3H7NO2S/c1-2-3-4-5;4-2(1-7)3(5)6/h2-5H2,1H3;2,7H,1,4H2,(H,5,6)/t;2-/m.0/s1. The molecule has 0 unspecified atom stereocenters. The van der Waals surface area contributed by atoms with Crippen molar-refractivity contribution in [1.82, 2.24) is 0 Å². The first-order valence-corrected chi connectivity index (χ1v) is 4.52. The summed E-state index contributed by atoms with van der Waals surface area (Å²) in [6, 6.07) is -0.816. The number of thiol groups is 1. The molecular formula is C7H18N2O2S. The number of carbonyl (C=O) groups is 1. The van der Waals surface area contributed by atoms with Crippen LogP contribution in [0.4, 0.5) is 0 Å². The van der Waals surface area contributed by atoms with Crippen LogP contribution in [0, 0.1) is 0 Å². The Balaban J connectivity index is 0. The number of rotatable bonds is 4. The number of nitrogens with two attached hydrogens (primary N) is 2. The van der Waals surface area contributed by atoms with Crippen molar-refractivity contribution >= 4 is 18.6 Å². The molecule has 0 aliphatic rings. The van der Waals surface area contributed by atoms with Gasteiger partial charge in [0.2, 0.25) is 0 Å². The smallest absolute Gasteiger partial charge is 0.321 e. The van der Waals surface area contributed by atoms with Crippen LogP contribution in [-0.4, -0.2) is 29.4 Å². The van der Waals surface area contributed by atoms with Crippen LogP contribution < -0.4 is 11.5 Å². The zero-order valence-electron chi connectivity index (χ0n) is 7.36. The number of carboxylic acid groups (broad SMARTS) is 1. The zero-order valence-corrected chi connectivity index (χ0v) is 8.26. The Morgan fingerprint density at radius 3 is 2.17 bits per heavy atom. The number of unbranched alkanes of at least 4 members (excludes halogenated alkanes) is 1. The van der Waals surface area contributed by atoms with Gasteiger partial charge < -0.3 is 16.6 Å². The number of carboxylic acids is 1. The van der Waals surface area contributed by atoms with Crippen LogP contribution in [0.2, 0.25) is 0 Å². The largest absolute Gasteiger partial charge is 0.480 e. The quantitative estimate of drug-likeness (QED) is 0.477. The maximum absolute atomic E-state index is 9.76. The highest BCUT2D eigenvalue weighted by molar-refractivity contribution is 7.80. The molecule has 0 spiro atoms. The van der Waals surface area contributed by atoms with E-state index in [4.69, 9.17) is 16.6 Å². The molecular weight excluding hydrogens is 176 g/mol. The van der Waals surface area contributed by atoms with Gasteiger partial charge in [0.25, 0.3) is 0 Å². The van der Waals surface area contributed by atoms with Crippen molar-refractivity contribution in [3.05, 3.63) is 0 Å². The van der Waals surface area contributed by atoms with Crippen molar-refractivity contribution in [1.29, 1.82) is 0 Å². The summed E-state index contributed by atoms with van der Waals surface area (Å²) in [5, 5.41) is 8.01. The summed E-state index contributed by atoms with van der Waals surface area (Å²) in [5.74, 6) is -0.815. The second-order valence-electron chi connectivity index (χ2n) is 2.27. The highest BCUT2D eigenvalue weighted by Gasteiger charge is 2.06. The molecule has 0 heterocycles. The van der Waals surface area contributed by atoms with Crippen molar-refractivity contribution in [3.63, 3.8) is 0 Å². The topological polar surface area (TPSA) is 89.3 Å². The summed E-state index contributed by atoms with van der Waals surface area (Å²) in [6.07, 6.45) is 2.39. The minimum absolute atomic E-state index is 0.190. The van der Waals surface area contributed by atoms with E-state index in [1.54, 1.807) is 0 Å². The molecule has 0 aliphatic heterocycles. The van der Waals surface area contributed by atoms with Crippen molar-refractivity contribution in [2.24, 2.45) is 11.5 Å². The van der Waals surface area contributed by atoms with Gasteiger partial charge in [-0.15, -0.1) is 0 Å². The van der Waals surface area contributed by atoms with Gasteiger partial charge in [0.1, 0.15) is 6.04 Å². The summed E-state index contributed by atoms with van der Waals surface area (Å²) >= 11 is 3.65. The predicted octanol–water partition coefficient (Wildman–Crippen LogP) is 0.0733. The van der Waals surface area contributed by atoms with Gasteiger partial charge in [-0.3, -0.25) is 4.79 Å². The fourth-order valence-electron chi connectivity index (χ4n) is 0.282. The highest BCUT2D eigenvalue weighted by atomic mass is 32.1. The van der Waals surface area contributed by atoms with Gasteiger partial charge >= 0.3 is 5.97 Å². The van der Waals surface area contributed by atoms with Crippen LogP contribution in [-0.2, 0) is 4.79 Å². The van der Waals surface area contributed by atoms with Gasteiger partial charge in [0.15, 0.2) is 0 Å². The van der Waals surface area contributed by atoms with Crippen LogP contribution in [0.15, 0.2) is 0 Å². The van der Waals surface area contributed by atoms with Crippen LogP contribution in [0.3, 0.4) is 0 Å². The summed E-state index contributed by atoms with van der Waals surface area (Å²) in [7, 11) is 0. The number of hydrogen-bond acceptors (Lipinski definition) is 4. The second-order valence-corrected chi connectivity index (χ2v) is 2.63. The monoisotopic (exact) mass is 194 g/mol. The molecule has 0 aromatic rings. The molecule has 0 fully saturated rings. The molecule has 0 aliphatic carbocycles. The maximum Gasteiger partial charge on any atom is 0.321 e. The lowest BCUT2D eigenvalue weighted by molar-refractivity contribution is -0.137. The Morgan fingerprint density at radius 1 is 1.67 bits per heavy atom. The second kappa shape index (κ2) is 10.7. The Morgan fingerprint density at radius 2 is 2.17 bits per heavy atom. The average molecular weight is 194 g/mol. The van der Waals surface area contributed by atoms with Crippen molar-refractivity contribution in [2.45, 2.75) is 25.8 Å². The first-order chi connectivity index (χ1) is 5.59. The molecule has 5 N–H and O–H groups in total. The summed E-state index contributed by atoms with van der Waals surface area (Å²) < 4.78 is 0. The average Bonchev–Trinajstić information content (AvgIpc) is 2.05. The first-order valence-electron chi connectivity index (χ1n) is 3.89. The van der Waals surface area contributed by atoms with E-state index in [0.717, 1.165) is 6.54 Å². The molecule has 1 atom stereocenters. The summed E-state index contributed by atoms with van der Waals surface area (Å²) in [6.45, 7) is 2.98. The molecule has 0 amide bonds. The van der Waals surface area contributed by atoms with Crippen molar-refractivity contribution in [2.75, 3.05) is 12.3 Å². The molecule has 4 nitrogen and oxygen atoms in total. The maximum atomic E-state index is 9.76. The molecule has 0 bridgehead atoms. The van der Waals surface area contributed by atoms with E-state index in [0.29, 0.717) is 0 Å². The van der Waals surface area contributed by atoms with Gasteiger partial charge in [0.05, 0.1) is 0 Å². The minimum Gasteiger partial charge on any atom is -0.480 e. The molecule has 0 saturated carbocycles. The molecule has 0 radical (unpaired) electrons. The SMILES string of the molecule is CCCCN.N[C@@H](CS)C(=O)O. The van der Waals surface area contributed by atoms with E-state index in [1.165, 1.54) is 12.8 Å². The van der Waals surface area contributed by atoms with Crippen LogP contribution in [0.25, 0.3) is 0 Å². The third-order valence-electron chi connectivity index (χ3n) is 1.07. The Hall–Kier alpha value is -0.260. The van der Waals surface area contributed by atoms with Gasteiger partial charge in [-0.25, -0.2) is 0 Å². The Kier molecular flexibility index (Phi) is 12.8. The Labute approximate surface area is 78.7 Å². The lowest BCUT2D eigenvalue weighted by atomic mass is 10.3. The van der Waals surface area contributed by atoms with Gasteiger partial charge in [-0.05, 0) is 13.0 Å². The molecule has 0 saturated heterocycles. The molecule has 0 rings (SSSR count). The molecule has 74 valence electrons. The van der Waals surface area contributed by atoms with Gasteiger partial charge in [0, 0.05) is 5.75 Å². The number of aliphatic carboxylic acids is 1. The third kappa shape index (κ3) is 12.4. The summed E-state index contributed by atoms with van der Waals surface area (Å²) in [4.78, 5) is 9.76. The van der Waals surface area contributed by atoms with Crippen molar-refractivity contribution < 1.29 is 9.90 Å². The molecule has 0 aromatic heterocycles. The van der Waals surface area contributed by atoms with E-state index in [1.807, 2.05) is 0 Å². The lowest BCUT2D eigenvalue weighted by Crippen LogP contribution is -2.31. The van der Waals surface area contributed by atoms with E-state index < -0.39 is 12.0 Å². The van der Waals surface area contributed by atoms with E-state index in [2.05, 4.69) is 19.6 Å². The van der Waals surface area contributed by atoms with Gasteiger partial charge in [-0.1, -0.05) is 13.3 Å². The lowest BCUT2D eigenvalue weighted by Gasteiger charge is -1.96. The normalized spacial score (nSPS) is 11.3. The number of hydrogen-bond donors (Lipinski definition) is 4. The molecule has 12 heavy (non-hydrogen) atoms. The molecule has 5 heteroatoms. The third-order valence-corrected chi connectivity index (χ3v) is 1.46. The zero-order chi connectivity index (χ0) is 9.98. The van der Waals surface area contributed by atoms with Crippen LogP contribution in [0.1, 0.15) is 19.8 Å². The fourth-order valence-corrected chi connectivity index (χ4v) is 0.438. The highest BCUT2D eigenvalue weighted by Crippen LogP contribution is 1.80. The predicted molar refractivity (Wildman–Crippen MR) is 53.4 cm³/mol. The minimum atomic E-state index is -1.00. The summed E-state index contributed by atoms with van der Waals surface area (Å²) in [5.41, 5.74) is 10.1. The first kappa shape index (κ1) is 14.3. The van der Waals surface area contributed by atoms with Crippen LogP contribution >= 0.6 is 12.6 Å². The Bertz CT molecular complexity index is 110. The fraction of sp³-hybridized carbons (Fsp3) is 0.857. The molecule has 0 aromatic carbocycles. The van der Waals surface area contributed by atoms with Crippen LogP contribution in [0.5, 0.6) is 0 Å². The van der Waals surface area contributed by atoms with E-state index >= 15 is 0 Å². The van der Waals surface area contributed by atoms with E-state index in [9.17, 15) is 4.79 Å².